The van der Waals surface area contributed by atoms with Crippen LogP contribution in [0.3, 0.4) is 0 Å². The number of nitrogens with two attached hydrogens (primary N) is 2. The molecule has 6 N–H and O–H groups in total. The van der Waals surface area contributed by atoms with Gasteiger partial charge in [0.25, 0.3) is 0 Å². The maximum absolute atomic E-state index is 10.5. The zero-order valence-corrected chi connectivity index (χ0v) is 8.66. The first-order valence-corrected chi connectivity index (χ1v) is 4.65. The van der Waals surface area contributed by atoms with E-state index in [9.17, 15) is 4.79 Å². The molecule has 1 aromatic rings. The van der Waals surface area contributed by atoms with E-state index in [4.69, 9.17) is 28.2 Å². The van der Waals surface area contributed by atoms with E-state index >= 15 is 0 Å². The molecule has 82 valence electrons. The van der Waals surface area contributed by atoms with Crippen LogP contribution < -0.4 is 16.8 Å². The Labute approximate surface area is 92.0 Å². The van der Waals surface area contributed by atoms with Crippen LogP contribution >= 0.6 is 11.6 Å². The minimum absolute atomic E-state index is 0.0150. The fourth-order valence-corrected chi connectivity index (χ4v) is 1.18. The quantitative estimate of drug-likeness (QED) is 0.553. The highest BCUT2D eigenvalue weighted by molar-refractivity contribution is 6.31. The number of rotatable bonds is 4. The van der Waals surface area contributed by atoms with Crippen molar-refractivity contribution in [3.63, 3.8) is 0 Å². The number of benzene rings is 1. The first-order valence-electron chi connectivity index (χ1n) is 4.27. The van der Waals surface area contributed by atoms with Crippen molar-refractivity contribution in [2.45, 2.75) is 6.10 Å². The standard InChI is InChI=1S/C9H12ClN3O2/c10-5-1-2-7(6(11)3-5)13-4-8(14)9(12)15/h1-3,8,13-14H,4,11H2,(H2,12,15). The van der Waals surface area contributed by atoms with E-state index in [0.29, 0.717) is 16.4 Å². The normalized spacial score (nSPS) is 12.1. The summed E-state index contributed by atoms with van der Waals surface area (Å²) in [6.07, 6.45) is -1.24. The predicted molar refractivity (Wildman–Crippen MR) is 59.6 cm³/mol. The molecule has 6 heteroatoms. The van der Waals surface area contributed by atoms with Gasteiger partial charge in [-0.15, -0.1) is 0 Å². The van der Waals surface area contributed by atoms with Crippen LogP contribution in [0.1, 0.15) is 0 Å². The second-order valence-electron chi connectivity index (χ2n) is 3.03. The number of aliphatic hydroxyl groups excluding tert-OH is 1. The number of amides is 1. The Bertz CT molecular complexity index is 370. The number of carbonyl (C=O) groups is 1. The van der Waals surface area contributed by atoms with Gasteiger partial charge in [-0.05, 0) is 18.2 Å². The summed E-state index contributed by atoms with van der Waals surface area (Å²) >= 11 is 5.70. The minimum atomic E-state index is -1.24. The molecule has 5 nitrogen and oxygen atoms in total. The molecule has 0 spiro atoms. The third-order valence-corrected chi connectivity index (χ3v) is 2.06. The van der Waals surface area contributed by atoms with Crippen LogP contribution in [0.5, 0.6) is 0 Å². The largest absolute Gasteiger partial charge is 0.397 e. The lowest BCUT2D eigenvalue weighted by molar-refractivity contribution is -0.125. The number of carbonyl (C=O) groups excluding carboxylic acids is 1. The molecule has 0 aliphatic rings. The summed E-state index contributed by atoms with van der Waals surface area (Å²) in [6, 6.07) is 4.88. The van der Waals surface area contributed by atoms with Gasteiger partial charge in [-0.1, -0.05) is 11.6 Å². The second-order valence-corrected chi connectivity index (χ2v) is 3.47. The maximum Gasteiger partial charge on any atom is 0.248 e. The summed E-state index contributed by atoms with van der Waals surface area (Å²) in [5.41, 5.74) is 11.6. The molecule has 0 radical (unpaired) electrons. The van der Waals surface area contributed by atoms with Crippen LogP contribution in [0.25, 0.3) is 0 Å². The van der Waals surface area contributed by atoms with Crippen LogP contribution in [0, 0.1) is 0 Å². The van der Waals surface area contributed by atoms with Crippen molar-refractivity contribution in [2.24, 2.45) is 5.73 Å². The third-order valence-electron chi connectivity index (χ3n) is 1.83. The zero-order valence-electron chi connectivity index (χ0n) is 7.90. The minimum Gasteiger partial charge on any atom is -0.397 e. The Morgan fingerprint density at radius 1 is 1.60 bits per heavy atom. The highest BCUT2D eigenvalue weighted by Gasteiger charge is 2.10. The number of hydrogen-bond acceptors (Lipinski definition) is 4. The lowest BCUT2D eigenvalue weighted by Crippen LogP contribution is -2.34. The van der Waals surface area contributed by atoms with E-state index in [-0.39, 0.29) is 6.54 Å². The Hall–Kier alpha value is -1.46. The van der Waals surface area contributed by atoms with Crippen molar-refractivity contribution >= 4 is 28.9 Å². The molecule has 0 saturated heterocycles. The summed E-state index contributed by atoms with van der Waals surface area (Å²) < 4.78 is 0. The first-order chi connectivity index (χ1) is 7.00. The molecule has 0 heterocycles. The molecule has 0 bridgehead atoms. The predicted octanol–water partition coefficient (Wildman–Crippen LogP) is 0.180. The van der Waals surface area contributed by atoms with Crippen molar-refractivity contribution in [3.05, 3.63) is 23.2 Å². The summed E-state index contributed by atoms with van der Waals surface area (Å²) in [5.74, 6) is -0.782. The molecule has 1 unspecified atom stereocenters. The Kier molecular flexibility index (Phi) is 3.76. The average Bonchev–Trinajstić information content (AvgIpc) is 2.15. The van der Waals surface area contributed by atoms with Crippen LogP contribution in [-0.2, 0) is 4.79 Å². The van der Waals surface area contributed by atoms with Crippen molar-refractivity contribution in [3.8, 4) is 0 Å². The molecule has 0 fully saturated rings. The van der Waals surface area contributed by atoms with E-state index in [1.165, 1.54) is 0 Å². The monoisotopic (exact) mass is 229 g/mol. The van der Waals surface area contributed by atoms with Gasteiger partial charge < -0.3 is 21.9 Å². The summed E-state index contributed by atoms with van der Waals surface area (Å²) in [7, 11) is 0. The molecular weight excluding hydrogens is 218 g/mol. The van der Waals surface area contributed by atoms with Crippen LogP contribution in [0.4, 0.5) is 11.4 Å². The van der Waals surface area contributed by atoms with E-state index in [2.05, 4.69) is 5.32 Å². The van der Waals surface area contributed by atoms with Gasteiger partial charge in [0.2, 0.25) is 5.91 Å². The molecule has 1 rings (SSSR count). The van der Waals surface area contributed by atoms with Gasteiger partial charge in [-0.25, -0.2) is 0 Å². The number of anilines is 2. The lowest BCUT2D eigenvalue weighted by Gasteiger charge is -2.11. The van der Waals surface area contributed by atoms with Crippen LogP contribution in [0.2, 0.25) is 5.02 Å². The highest BCUT2D eigenvalue weighted by Crippen LogP contribution is 2.22. The van der Waals surface area contributed by atoms with Crippen LogP contribution in [0.15, 0.2) is 18.2 Å². The van der Waals surface area contributed by atoms with Crippen molar-refractivity contribution in [1.29, 1.82) is 0 Å². The average molecular weight is 230 g/mol. The van der Waals surface area contributed by atoms with Gasteiger partial charge in [0.05, 0.1) is 11.4 Å². The first kappa shape index (κ1) is 11.6. The van der Waals surface area contributed by atoms with Crippen molar-refractivity contribution in [1.82, 2.24) is 0 Å². The van der Waals surface area contributed by atoms with Gasteiger partial charge in [0.1, 0.15) is 6.10 Å². The van der Waals surface area contributed by atoms with Crippen molar-refractivity contribution < 1.29 is 9.90 Å². The number of hydrogen-bond donors (Lipinski definition) is 4. The molecule has 1 atom stereocenters. The molecule has 1 aromatic carbocycles. The van der Waals surface area contributed by atoms with Crippen LogP contribution in [-0.4, -0.2) is 23.7 Å². The Morgan fingerprint density at radius 3 is 2.80 bits per heavy atom. The number of halogens is 1. The topological polar surface area (TPSA) is 101 Å². The number of primary amides is 1. The Morgan fingerprint density at radius 2 is 2.27 bits per heavy atom. The van der Waals surface area contributed by atoms with Gasteiger partial charge >= 0.3 is 0 Å². The van der Waals surface area contributed by atoms with E-state index in [0.717, 1.165) is 0 Å². The van der Waals surface area contributed by atoms with E-state index in [1.54, 1.807) is 18.2 Å². The fourth-order valence-electron chi connectivity index (χ4n) is 1.00. The molecule has 0 saturated carbocycles. The smallest absolute Gasteiger partial charge is 0.248 e. The molecular formula is C9H12ClN3O2. The molecule has 15 heavy (non-hydrogen) atoms. The number of nitrogens with one attached hydrogen (secondary N) is 1. The third kappa shape index (κ3) is 3.30. The summed E-state index contributed by atoms with van der Waals surface area (Å²) in [6.45, 7) is 0.0150. The lowest BCUT2D eigenvalue weighted by atomic mass is 10.2. The molecule has 0 aromatic heterocycles. The summed E-state index contributed by atoms with van der Waals surface area (Å²) in [5, 5.41) is 12.4. The zero-order chi connectivity index (χ0) is 11.4. The van der Waals surface area contributed by atoms with E-state index in [1.807, 2.05) is 0 Å². The molecule has 1 amide bonds. The summed E-state index contributed by atoms with van der Waals surface area (Å²) in [4.78, 5) is 10.5. The fraction of sp³-hybridized carbons (Fsp3) is 0.222. The highest BCUT2D eigenvalue weighted by atomic mass is 35.5. The maximum atomic E-state index is 10.5. The second kappa shape index (κ2) is 4.86. The van der Waals surface area contributed by atoms with Gasteiger partial charge in [-0.3, -0.25) is 4.79 Å². The molecule has 0 aliphatic heterocycles. The molecule has 0 aliphatic carbocycles. The van der Waals surface area contributed by atoms with Gasteiger partial charge in [-0.2, -0.15) is 0 Å². The SMILES string of the molecule is NC(=O)C(O)CNc1ccc(Cl)cc1N. The van der Waals surface area contributed by atoms with E-state index < -0.39 is 12.0 Å². The van der Waals surface area contributed by atoms with Crippen molar-refractivity contribution in [2.75, 3.05) is 17.6 Å². The van der Waals surface area contributed by atoms with Gasteiger partial charge in [0, 0.05) is 11.6 Å². The van der Waals surface area contributed by atoms with Gasteiger partial charge in [0.15, 0.2) is 0 Å². The number of nitrogen functional groups attached to an aromatic ring is 1. The number of aliphatic hydroxyl groups is 1. The Balaban J connectivity index is 2.62.